The van der Waals surface area contributed by atoms with Crippen LogP contribution in [0.5, 0.6) is 0 Å². The van der Waals surface area contributed by atoms with Crippen LogP contribution >= 0.6 is 12.4 Å². The third-order valence-electron chi connectivity index (χ3n) is 3.09. The molecule has 2 unspecified atom stereocenters. The molecule has 1 aliphatic rings. The molecule has 3 nitrogen and oxygen atoms in total. The second-order valence-electron chi connectivity index (χ2n) is 4.26. The van der Waals surface area contributed by atoms with E-state index in [4.69, 9.17) is 5.73 Å². The van der Waals surface area contributed by atoms with Crippen LogP contribution in [-0.4, -0.2) is 17.1 Å². The lowest BCUT2D eigenvalue weighted by Gasteiger charge is -2.29. The standard InChI is InChI=1S/C12H19N3.ClH/c13-11-6-1-2-7-12(11)15-9-10-5-3-4-8-14-10;/h3-5,8,11-12,15H,1-2,6-7,9,13H2;1H. The molecule has 0 saturated heterocycles. The second kappa shape index (κ2) is 6.84. The van der Waals surface area contributed by atoms with Gasteiger partial charge >= 0.3 is 0 Å². The summed E-state index contributed by atoms with van der Waals surface area (Å²) in [7, 11) is 0. The van der Waals surface area contributed by atoms with E-state index in [1.165, 1.54) is 19.3 Å². The lowest BCUT2D eigenvalue weighted by atomic mass is 9.91. The van der Waals surface area contributed by atoms with Gasteiger partial charge in [-0.25, -0.2) is 0 Å². The number of rotatable bonds is 3. The van der Waals surface area contributed by atoms with Gasteiger partial charge in [-0.05, 0) is 25.0 Å². The lowest BCUT2D eigenvalue weighted by Crippen LogP contribution is -2.46. The van der Waals surface area contributed by atoms with Crippen molar-refractivity contribution in [3.05, 3.63) is 30.1 Å². The van der Waals surface area contributed by atoms with Gasteiger partial charge in [0.1, 0.15) is 0 Å². The van der Waals surface area contributed by atoms with Gasteiger partial charge < -0.3 is 11.1 Å². The van der Waals surface area contributed by atoms with E-state index in [0.717, 1.165) is 18.7 Å². The molecule has 2 atom stereocenters. The minimum absolute atomic E-state index is 0. The van der Waals surface area contributed by atoms with Crippen molar-refractivity contribution < 1.29 is 0 Å². The van der Waals surface area contributed by atoms with Crippen LogP contribution in [0.25, 0.3) is 0 Å². The highest BCUT2D eigenvalue weighted by Crippen LogP contribution is 2.17. The Morgan fingerprint density at radius 1 is 1.31 bits per heavy atom. The average Bonchev–Trinajstić information content (AvgIpc) is 2.29. The van der Waals surface area contributed by atoms with Gasteiger partial charge in [-0.2, -0.15) is 0 Å². The minimum atomic E-state index is 0. The van der Waals surface area contributed by atoms with Gasteiger partial charge in [0.15, 0.2) is 0 Å². The van der Waals surface area contributed by atoms with Crippen LogP contribution in [0.2, 0.25) is 0 Å². The molecule has 1 fully saturated rings. The average molecular weight is 242 g/mol. The first-order chi connectivity index (χ1) is 7.36. The molecule has 0 aromatic carbocycles. The van der Waals surface area contributed by atoms with Gasteiger partial charge in [0.25, 0.3) is 0 Å². The van der Waals surface area contributed by atoms with Crippen LogP contribution in [-0.2, 0) is 6.54 Å². The van der Waals surface area contributed by atoms with E-state index in [2.05, 4.69) is 10.3 Å². The summed E-state index contributed by atoms with van der Waals surface area (Å²) in [5, 5.41) is 3.50. The zero-order valence-electron chi connectivity index (χ0n) is 9.43. The van der Waals surface area contributed by atoms with Crippen molar-refractivity contribution >= 4 is 12.4 Å². The number of nitrogens with two attached hydrogens (primary N) is 1. The molecule has 1 aromatic rings. The number of halogens is 1. The molecular weight excluding hydrogens is 222 g/mol. The van der Waals surface area contributed by atoms with Gasteiger partial charge in [0.05, 0.1) is 5.69 Å². The van der Waals surface area contributed by atoms with Gasteiger partial charge in [0.2, 0.25) is 0 Å². The first kappa shape index (κ1) is 13.4. The molecule has 3 N–H and O–H groups in total. The molecule has 0 radical (unpaired) electrons. The third kappa shape index (κ3) is 3.74. The van der Waals surface area contributed by atoms with Crippen molar-refractivity contribution in [2.45, 2.75) is 44.3 Å². The normalized spacial score (nSPS) is 24.8. The molecule has 4 heteroatoms. The van der Waals surface area contributed by atoms with E-state index in [1.54, 1.807) is 0 Å². The van der Waals surface area contributed by atoms with E-state index in [1.807, 2.05) is 24.4 Å². The number of nitrogens with zero attached hydrogens (tertiary/aromatic N) is 1. The Morgan fingerprint density at radius 3 is 2.81 bits per heavy atom. The molecule has 90 valence electrons. The zero-order chi connectivity index (χ0) is 10.5. The fourth-order valence-electron chi connectivity index (χ4n) is 2.15. The van der Waals surface area contributed by atoms with Crippen molar-refractivity contribution in [3.8, 4) is 0 Å². The molecule has 0 aliphatic heterocycles. The maximum Gasteiger partial charge on any atom is 0.0541 e. The second-order valence-corrected chi connectivity index (χ2v) is 4.26. The van der Waals surface area contributed by atoms with Crippen LogP contribution in [0.15, 0.2) is 24.4 Å². The maximum absolute atomic E-state index is 6.06. The van der Waals surface area contributed by atoms with Gasteiger partial charge in [0, 0.05) is 24.8 Å². The monoisotopic (exact) mass is 241 g/mol. The quantitative estimate of drug-likeness (QED) is 0.850. The Kier molecular flexibility index (Phi) is 5.74. The van der Waals surface area contributed by atoms with Crippen molar-refractivity contribution in [1.29, 1.82) is 0 Å². The fourth-order valence-corrected chi connectivity index (χ4v) is 2.15. The van der Waals surface area contributed by atoms with Gasteiger partial charge in [-0.15, -0.1) is 12.4 Å². The summed E-state index contributed by atoms with van der Waals surface area (Å²) in [5.41, 5.74) is 7.15. The predicted molar refractivity (Wildman–Crippen MR) is 68.6 cm³/mol. The molecule has 1 heterocycles. The number of hydrogen-bond donors (Lipinski definition) is 2. The van der Waals surface area contributed by atoms with Crippen LogP contribution in [0.4, 0.5) is 0 Å². The smallest absolute Gasteiger partial charge is 0.0541 e. The van der Waals surface area contributed by atoms with E-state index in [9.17, 15) is 0 Å². The summed E-state index contributed by atoms with van der Waals surface area (Å²) in [5.74, 6) is 0. The maximum atomic E-state index is 6.06. The Labute approximate surface area is 103 Å². The first-order valence-corrected chi connectivity index (χ1v) is 5.75. The summed E-state index contributed by atoms with van der Waals surface area (Å²) in [6.07, 6.45) is 6.77. The molecule has 1 saturated carbocycles. The van der Waals surface area contributed by atoms with Gasteiger partial charge in [-0.1, -0.05) is 18.9 Å². The van der Waals surface area contributed by atoms with Crippen molar-refractivity contribution in [2.24, 2.45) is 5.73 Å². The number of pyridine rings is 1. The van der Waals surface area contributed by atoms with Crippen LogP contribution in [0, 0.1) is 0 Å². The van der Waals surface area contributed by atoms with E-state index in [-0.39, 0.29) is 12.4 Å². The van der Waals surface area contributed by atoms with Crippen molar-refractivity contribution in [1.82, 2.24) is 10.3 Å². The molecule has 1 aromatic heterocycles. The predicted octanol–water partition coefficient (Wildman–Crippen LogP) is 1.86. The summed E-state index contributed by atoms with van der Waals surface area (Å²) >= 11 is 0. The molecule has 0 bridgehead atoms. The fraction of sp³-hybridized carbons (Fsp3) is 0.583. The molecule has 16 heavy (non-hydrogen) atoms. The summed E-state index contributed by atoms with van der Waals surface area (Å²) in [6.45, 7) is 0.833. The number of aromatic nitrogens is 1. The highest BCUT2D eigenvalue weighted by atomic mass is 35.5. The summed E-state index contributed by atoms with van der Waals surface area (Å²) in [6, 6.07) is 6.80. The zero-order valence-corrected chi connectivity index (χ0v) is 10.2. The topological polar surface area (TPSA) is 50.9 Å². The SMILES string of the molecule is Cl.NC1CCCCC1NCc1ccccn1. The molecule has 0 spiro atoms. The molecular formula is C12H20ClN3. The lowest BCUT2D eigenvalue weighted by molar-refractivity contribution is 0.325. The molecule has 2 rings (SSSR count). The van der Waals surface area contributed by atoms with Gasteiger partial charge in [-0.3, -0.25) is 4.98 Å². The van der Waals surface area contributed by atoms with Crippen LogP contribution in [0.3, 0.4) is 0 Å². The Bertz CT molecular complexity index is 292. The number of nitrogens with one attached hydrogen (secondary N) is 1. The highest BCUT2D eigenvalue weighted by molar-refractivity contribution is 5.85. The summed E-state index contributed by atoms with van der Waals surface area (Å²) in [4.78, 5) is 4.28. The highest BCUT2D eigenvalue weighted by Gasteiger charge is 2.20. The van der Waals surface area contributed by atoms with E-state index in [0.29, 0.717) is 12.1 Å². The largest absolute Gasteiger partial charge is 0.326 e. The first-order valence-electron chi connectivity index (χ1n) is 5.75. The van der Waals surface area contributed by atoms with E-state index < -0.39 is 0 Å². The summed E-state index contributed by atoms with van der Waals surface area (Å²) < 4.78 is 0. The minimum Gasteiger partial charge on any atom is -0.326 e. The van der Waals surface area contributed by atoms with Crippen molar-refractivity contribution in [3.63, 3.8) is 0 Å². The van der Waals surface area contributed by atoms with Crippen molar-refractivity contribution in [2.75, 3.05) is 0 Å². The molecule has 0 amide bonds. The Morgan fingerprint density at radius 2 is 2.12 bits per heavy atom. The van der Waals surface area contributed by atoms with Crippen LogP contribution < -0.4 is 11.1 Å². The van der Waals surface area contributed by atoms with Crippen LogP contribution in [0.1, 0.15) is 31.4 Å². The third-order valence-corrected chi connectivity index (χ3v) is 3.09. The van der Waals surface area contributed by atoms with E-state index >= 15 is 0 Å². The Balaban J connectivity index is 0.00000128. The Hall–Kier alpha value is -0.640. The number of hydrogen-bond acceptors (Lipinski definition) is 3. The molecule has 1 aliphatic carbocycles.